The molecule has 0 aromatic heterocycles. The molecule has 4 nitrogen and oxygen atoms in total. The second-order valence-electron chi connectivity index (χ2n) is 6.55. The van der Waals surface area contributed by atoms with Crippen LogP contribution in [0.1, 0.15) is 37.3 Å². The molecule has 1 aliphatic rings. The van der Waals surface area contributed by atoms with Gasteiger partial charge in [0.15, 0.2) is 0 Å². The van der Waals surface area contributed by atoms with Crippen molar-refractivity contribution < 1.29 is 9.90 Å². The number of hydrogen-bond donors (Lipinski definition) is 2. The van der Waals surface area contributed by atoms with Crippen LogP contribution in [-0.2, 0) is 11.3 Å². The molecule has 0 saturated carbocycles. The van der Waals surface area contributed by atoms with Crippen LogP contribution >= 0.6 is 0 Å². The van der Waals surface area contributed by atoms with Crippen LogP contribution in [0.25, 0.3) is 0 Å². The van der Waals surface area contributed by atoms with Crippen molar-refractivity contribution in [2.24, 2.45) is 5.41 Å². The van der Waals surface area contributed by atoms with Crippen molar-refractivity contribution in [3.63, 3.8) is 0 Å². The van der Waals surface area contributed by atoms with Crippen molar-refractivity contribution in [3.05, 3.63) is 35.4 Å². The smallest absolute Gasteiger partial charge is 0.234 e. The van der Waals surface area contributed by atoms with Crippen LogP contribution in [0.2, 0.25) is 0 Å². The molecule has 1 aromatic carbocycles. The highest BCUT2D eigenvalue weighted by molar-refractivity contribution is 5.78. The summed E-state index contributed by atoms with van der Waals surface area (Å²) in [6, 6.07) is 8.20. The Morgan fingerprint density at radius 2 is 2.09 bits per heavy atom. The molecular weight excluding hydrogens is 276 g/mol. The molecule has 1 amide bonds. The van der Waals surface area contributed by atoms with Gasteiger partial charge in [0.25, 0.3) is 0 Å². The van der Waals surface area contributed by atoms with E-state index in [2.05, 4.69) is 36.2 Å². The molecule has 0 radical (unpaired) electrons. The first-order chi connectivity index (χ1) is 10.6. The number of nitrogens with zero attached hydrogens (tertiary/aromatic N) is 1. The minimum Gasteiger partial charge on any atom is -0.396 e. The van der Waals surface area contributed by atoms with E-state index in [1.165, 1.54) is 5.56 Å². The summed E-state index contributed by atoms with van der Waals surface area (Å²) in [4.78, 5) is 14.3. The van der Waals surface area contributed by atoms with Crippen molar-refractivity contribution in [1.29, 1.82) is 0 Å². The Morgan fingerprint density at radius 1 is 1.36 bits per heavy atom. The van der Waals surface area contributed by atoms with Crippen LogP contribution in [-0.4, -0.2) is 42.2 Å². The first-order valence-corrected chi connectivity index (χ1v) is 8.22. The Labute approximate surface area is 133 Å². The van der Waals surface area contributed by atoms with Gasteiger partial charge in [-0.15, -0.1) is 0 Å². The molecule has 2 N–H and O–H groups in total. The number of carbonyl (C=O) groups excluding carboxylic acids is 1. The van der Waals surface area contributed by atoms with Crippen LogP contribution in [0, 0.1) is 12.3 Å². The zero-order chi connectivity index (χ0) is 16.0. The fraction of sp³-hybridized carbons (Fsp3) is 0.611. The van der Waals surface area contributed by atoms with E-state index in [4.69, 9.17) is 0 Å². The van der Waals surface area contributed by atoms with Crippen LogP contribution in [0.3, 0.4) is 0 Å². The average Bonchev–Trinajstić information content (AvgIpc) is 2.54. The van der Waals surface area contributed by atoms with Crippen molar-refractivity contribution >= 4 is 5.91 Å². The summed E-state index contributed by atoms with van der Waals surface area (Å²) >= 11 is 0. The van der Waals surface area contributed by atoms with Gasteiger partial charge in [-0.05, 0) is 50.3 Å². The van der Waals surface area contributed by atoms with E-state index < -0.39 is 0 Å². The molecule has 1 aliphatic heterocycles. The first kappa shape index (κ1) is 17.0. The van der Waals surface area contributed by atoms with Crippen LogP contribution in [0.4, 0.5) is 0 Å². The second kappa shape index (κ2) is 7.75. The molecule has 4 heteroatoms. The number of rotatable bonds is 6. The fourth-order valence-corrected chi connectivity index (χ4v) is 3.09. The lowest BCUT2D eigenvalue weighted by molar-refractivity contribution is -0.123. The third-order valence-electron chi connectivity index (χ3n) is 4.94. The molecule has 122 valence electrons. The van der Waals surface area contributed by atoms with E-state index in [1.54, 1.807) is 0 Å². The van der Waals surface area contributed by atoms with Gasteiger partial charge in [0.2, 0.25) is 5.91 Å². The lowest BCUT2D eigenvalue weighted by Gasteiger charge is -2.39. The average molecular weight is 304 g/mol. The minimum absolute atomic E-state index is 0.0779. The van der Waals surface area contributed by atoms with E-state index in [1.807, 2.05) is 12.1 Å². The molecule has 0 bridgehead atoms. The van der Waals surface area contributed by atoms with Gasteiger partial charge in [0.05, 0.1) is 6.54 Å². The molecule has 0 unspecified atom stereocenters. The predicted molar refractivity (Wildman–Crippen MR) is 88.5 cm³/mol. The van der Waals surface area contributed by atoms with Crippen molar-refractivity contribution in [2.75, 3.05) is 26.2 Å². The maximum absolute atomic E-state index is 12.1. The van der Waals surface area contributed by atoms with Gasteiger partial charge in [-0.1, -0.05) is 36.8 Å². The summed E-state index contributed by atoms with van der Waals surface area (Å²) in [5.74, 6) is 0.0782. The number of aliphatic hydroxyl groups excluding tert-OH is 1. The van der Waals surface area contributed by atoms with Crippen LogP contribution in [0.5, 0.6) is 0 Å². The number of hydrogen-bond acceptors (Lipinski definition) is 3. The number of nitrogens with one attached hydrogen (secondary N) is 1. The summed E-state index contributed by atoms with van der Waals surface area (Å²) in [6.07, 6.45) is 2.97. The normalized spacial score (nSPS) is 18.1. The molecular formula is C18H28N2O2. The highest BCUT2D eigenvalue weighted by atomic mass is 16.3. The van der Waals surface area contributed by atoms with Crippen molar-refractivity contribution in [3.8, 4) is 0 Å². The molecule has 0 atom stereocenters. The van der Waals surface area contributed by atoms with Gasteiger partial charge in [0, 0.05) is 13.2 Å². The summed E-state index contributed by atoms with van der Waals surface area (Å²) in [5.41, 5.74) is 2.43. The van der Waals surface area contributed by atoms with E-state index >= 15 is 0 Å². The SMILES string of the molecule is CCC1(CO)CCN(CC(=O)NCc2cccc(C)c2)CC1. The molecule has 2 rings (SSSR count). The standard InChI is InChI=1S/C18H28N2O2/c1-3-18(14-21)7-9-20(10-8-18)13-17(22)19-12-16-6-4-5-15(2)11-16/h4-6,11,21H,3,7-10,12-14H2,1-2H3,(H,19,22). The maximum atomic E-state index is 12.1. The molecule has 1 fully saturated rings. The third-order valence-corrected chi connectivity index (χ3v) is 4.94. The Morgan fingerprint density at radius 3 is 2.68 bits per heavy atom. The molecule has 1 heterocycles. The van der Waals surface area contributed by atoms with E-state index in [0.29, 0.717) is 13.1 Å². The van der Waals surface area contributed by atoms with Gasteiger partial charge < -0.3 is 10.4 Å². The molecule has 0 aliphatic carbocycles. The van der Waals surface area contributed by atoms with E-state index in [9.17, 15) is 9.90 Å². The number of likely N-dealkylation sites (tertiary alicyclic amines) is 1. The largest absolute Gasteiger partial charge is 0.396 e. The Kier molecular flexibility index (Phi) is 5.98. The summed E-state index contributed by atoms with van der Waals surface area (Å²) in [5, 5.41) is 12.5. The van der Waals surface area contributed by atoms with Crippen molar-refractivity contribution in [2.45, 2.75) is 39.7 Å². The zero-order valence-corrected chi connectivity index (χ0v) is 13.8. The number of benzene rings is 1. The molecule has 1 saturated heterocycles. The predicted octanol–water partition coefficient (Wildman–Crippen LogP) is 2.10. The first-order valence-electron chi connectivity index (χ1n) is 8.22. The quantitative estimate of drug-likeness (QED) is 0.846. The van der Waals surface area contributed by atoms with E-state index in [0.717, 1.165) is 37.9 Å². The van der Waals surface area contributed by atoms with Gasteiger partial charge in [-0.2, -0.15) is 0 Å². The highest BCUT2D eigenvalue weighted by Crippen LogP contribution is 2.33. The summed E-state index contributed by atoms with van der Waals surface area (Å²) < 4.78 is 0. The van der Waals surface area contributed by atoms with Gasteiger partial charge >= 0.3 is 0 Å². The minimum atomic E-state index is 0.0779. The summed E-state index contributed by atoms with van der Waals surface area (Å²) in [6.45, 7) is 7.29. The van der Waals surface area contributed by atoms with Gasteiger partial charge in [-0.25, -0.2) is 0 Å². The van der Waals surface area contributed by atoms with E-state index in [-0.39, 0.29) is 17.9 Å². The lowest BCUT2D eigenvalue weighted by Crippen LogP contribution is -2.45. The van der Waals surface area contributed by atoms with Crippen LogP contribution in [0.15, 0.2) is 24.3 Å². The maximum Gasteiger partial charge on any atom is 0.234 e. The zero-order valence-electron chi connectivity index (χ0n) is 13.8. The number of carbonyl (C=O) groups is 1. The summed E-state index contributed by atoms with van der Waals surface area (Å²) in [7, 11) is 0. The lowest BCUT2D eigenvalue weighted by atomic mass is 9.77. The number of amides is 1. The fourth-order valence-electron chi connectivity index (χ4n) is 3.09. The molecule has 22 heavy (non-hydrogen) atoms. The highest BCUT2D eigenvalue weighted by Gasteiger charge is 2.32. The second-order valence-corrected chi connectivity index (χ2v) is 6.55. The Bertz CT molecular complexity index is 488. The Hall–Kier alpha value is -1.39. The van der Waals surface area contributed by atoms with Gasteiger partial charge in [0.1, 0.15) is 0 Å². The number of aliphatic hydroxyl groups is 1. The topological polar surface area (TPSA) is 52.6 Å². The molecule has 1 aromatic rings. The number of piperidine rings is 1. The molecule has 0 spiro atoms. The van der Waals surface area contributed by atoms with Crippen molar-refractivity contribution in [1.82, 2.24) is 10.2 Å². The monoisotopic (exact) mass is 304 g/mol. The van der Waals surface area contributed by atoms with Crippen LogP contribution < -0.4 is 5.32 Å². The Balaban J connectivity index is 1.74. The number of aryl methyl sites for hydroxylation is 1. The van der Waals surface area contributed by atoms with Gasteiger partial charge in [-0.3, -0.25) is 9.69 Å². The third kappa shape index (κ3) is 4.55.